The molecule has 0 bridgehead atoms. The average Bonchev–Trinajstić information content (AvgIpc) is 2.62. The molecular formula is C19H14F3N3O3. The number of carbonyl (C=O) groups is 2. The van der Waals surface area contributed by atoms with Gasteiger partial charge in [0.25, 0.3) is 5.91 Å². The molecule has 28 heavy (non-hydrogen) atoms. The molecule has 0 spiro atoms. The molecule has 0 aliphatic heterocycles. The number of halogens is 3. The minimum Gasteiger partial charge on any atom is -0.481 e. The van der Waals surface area contributed by atoms with E-state index < -0.39 is 34.9 Å². The van der Waals surface area contributed by atoms with Crippen LogP contribution in [0.25, 0.3) is 0 Å². The van der Waals surface area contributed by atoms with E-state index in [4.69, 9.17) is 10.4 Å². The monoisotopic (exact) mass is 389 g/mol. The van der Waals surface area contributed by atoms with E-state index in [1.807, 2.05) is 0 Å². The maximum absolute atomic E-state index is 13.0. The largest absolute Gasteiger partial charge is 0.481 e. The summed E-state index contributed by atoms with van der Waals surface area (Å²) in [5.41, 5.74) is -0.900. The Kier molecular flexibility index (Phi) is 6.39. The Balaban J connectivity index is 2.12. The number of hydrogen-bond donors (Lipinski definition) is 3. The van der Waals surface area contributed by atoms with Crippen LogP contribution >= 0.6 is 0 Å². The normalized spacial score (nSPS) is 11.4. The van der Waals surface area contributed by atoms with Gasteiger partial charge in [-0.25, -0.2) is 0 Å². The van der Waals surface area contributed by atoms with Crippen molar-refractivity contribution < 1.29 is 27.9 Å². The molecule has 9 heteroatoms. The number of nitriles is 1. The summed E-state index contributed by atoms with van der Waals surface area (Å²) in [5, 5.41) is 22.6. The van der Waals surface area contributed by atoms with E-state index in [0.29, 0.717) is 11.3 Å². The van der Waals surface area contributed by atoms with Crippen molar-refractivity contribution >= 4 is 23.3 Å². The summed E-state index contributed by atoms with van der Waals surface area (Å²) in [6, 6.07) is 12.2. The van der Waals surface area contributed by atoms with E-state index in [1.54, 1.807) is 30.3 Å². The number of aliphatic carboxylic acids is 1. The predicted molar refractivity (Wildman–Crippen MR) is 95.2 cm³/mol. The van der Waals surface area contributed by atoms with Gasteiger partial charge in [0, 0.05) is 11.9 Å². The Labute approximate surface area is 157 Å². The minimum atomic E-state index is -4.66. The molecule has 0 saturated heterocycles. The van der Waals surface area contributed by atoms with Crippen LogP contribution in [0.15, 0.2) is 60.3 Å². The number of benzene rings is 2. The zero-order chi connectivity index (χ0) is 20.7. The molecule has 1 amide bonds. The molecule has 6 nitrogen and oxygen atoms in total. The number of nitrogens with one attached hydrogen (secondary N) is 2. The van der Waals surface area contributed by atoms with Crippen molar-refractivity contribution in [2.45, 2.75) is 12.6 Å². The second-order valence-corrected chi connectivity index (χ2v) is 5.58. The molecule has 144 valence electrons. The van der Waals surface area contributed by atoms with Gasteiger partial charge < -0.3 is 15.7 Å². The van der Waals surface area contributed by atoms with E-state index >= 15 is 0 Å². The second-order valence-electron chi connectivity index (χ2n) is 5.58. The van der Waals surface area contributed by atoms with Gasteiger partial charge >= 0.3 is 12.1 Å². The molecule has 0 aliphatic rings. The Hall–Kier alpha value is -3.80. The highest BCUT2D eigenvalue weighted by Crippen LogP contribution is 2.34. The van der Waals surface area contributed by atoms with Gasteiger partial charge in [-0.3, -0.25) is 9.59 Å². The highest BCUT2D eigenvalue weighted by atomic mass is 19.4. The fourth-order valence-electron chi connectivity index (χ4n) is 2.23. The molecule has 2 rings (SSSR count). The van der Waals surface area contributed by atoms with Gasteiger partial charge in [0.2, 0.25) is 0 Å². The number of alkyl halides is 3. The lowest BCUT2D eigenvalue weighted by Crippen LogP contribution is -2.18. The van der Waals surface area contributed by atoms with Gasteiger partial charge in [-0.2, -0.15) is 18.4 Å². The van der Waals surface area contributed by atoms with E-state index in [2.05, 4.69) is 10.6 Å². The Morgan fingerprint density at radius 2 is 1.75 bits per heavy atom. The molecule has 3 N–H and O–H groups in total. The van der Waals surface area contributed by atoms with Crippen LogP contribution in [0.1, 0.15) is 11.1 Å². The lowest BCUT2D eigenvalue weighted by molar-refractivity contribution is -0.137. The van der Waals surface area contributed by atoms with Gasteiger partial charge in [0.1, 0.15) is 11.6 Å². The first-order valence-electron chi connectivity index (χ1n) is 7.86. The van der Waals surface area contributed by atoms with Crippen LogP contribution in [0.5, 0.6) is 0 Å². The molecule has 0 aromatic heterocycles. The number of carbonyl (C=O) groups excluding carboxylic acids is 1. The first-order valence-corrected chi connectivity index (χ1v) is 7.86. The summed E-state index contributed by atoms with van der Waals surface area (Å²) >= 11 is 0. The summed E-state index contributed by atoms with van der Waals surface area (Å²) in [6.07, 6.45) is -3.76. The number of hydrogen-bond acceptors (Lipinski definition) is 4. The molecule has 2 aromatic carbocycles. The third-order valence-electron chi connectivity index (χ3n) is 3.54. The summed E-state index contributed by atoms with van der Waals surface area (Å²) < 4.78 is 38.9. The standard InChI is InChI=1S/C19H14F3N3O3/c20-19(21,22)15-3-1-2-4-16(15)25-18(28)13(10-23)11-24-14-7-5-12(6-8-14)9-17(26)27/h1-8,11,24H,9H2,(H,25,28)(H,26,27)/b13-11-. The number of anilines is 2. The van der Waals surface area contributed by atoms with E-state index in [-0.39, 0.29) is 6.42 Å². The van der Waals surface area contributed by atoms with Crippen molar-refractivity contribution in [1.29, 1.82) is 5.26 Å². The van der Waals surface area contributed by atoms with Crippen LogP contribution in [-0.4, -0.2) is 17.0 Å². The second kappa shape index (κ2) is 8.73. The minimum absolute atomic E-state index is 0.152. The van der Waals surface area contributed by atoms with Crippen molar-refractivity contribution in [3.63, 3.8) is 0 Å². The number of amides is 1. The maximum Gasteiger partial charge on any atom is 0.418 e. The highest BCUT2D eigenvalue weighted by molar-refractivity contribution is 6.07. The number of carboxylic acid groups (broad SMARTS) is 1. The smallest absolute Gasteiger partial charge is 0.418 e. The predicted octanol–water partition coefficient (Wildman–Crippen LogP) is 3.79. The molecular weight excluding hydrogens is 375 g/mol. The zero-order valence-electron chi connectivity index (χ0n) is 14.2. The fourth-order valence-corrected chi connectivity index (χ4v) is 2.23. The number of carboxylic acids is 1. The van der Waals surface area contributed by atoms with Crippen LogP contribution in [0.3, 0.4) is 0 Å². The summed E-state index contributed by atoms with van der Waals surface area (Å²) in [6.45, 7) is 0. The molecule has 0 unspecified atom stereocenters. The topological polar surface area (TPSA) is 102 Å². The van der Waals surface area contributed by atoms with Crippen LogP contribution in [0, 0.1) is 11.3 Å². The fraction of sp³-hybridized carbons (Fsp3) is 0.105. The van der Waals surface area contributed by atoms with Gasteiger partial charge in [-0.15, -0.1) is 0 Å². The molecule has 0 aliphatic carbocycles. The first-order chi connectivity index (χ1) is 13.2. The molecule has 0 radical (unpaired) electrons. The van der Waals surface area contributed by atoms with E-state index in [0.717, 1.165) is 18.3 Å². The van der Waals surface area contributed by atoms with Gasteiger partial charge in [-0.05, 0) is 29.8 Å². The number of nitrogens with zero attached hydrogens (tertiary/aromatic N) is 1. The van der Waals surface area contributed by atoms with Crippen molar-refractivity contribution in [2.24, 2.45) is 0 Å². The van der Waals surface area contributed by atoms with Crippen molar-refractivity contribution in [2.75, 3.05) is 10.6 Å². The summed E-state index contributed by atoms with van der Waals surface area (Å²) in [5.74, 6) is -1.99. The highest BCUT2D eigenvalue weighted by Gasteiger charge is 2.33. The van der Waals surface area contributed by atoms with Crippen LogP contribution in [-0.2, 0) is 22.2 Å². The quantitative estimate of drug-likeness (QED) is 0.515. The lowest BCUT2D eigenvalue weighted by Gasteiger charge is -2.13. The molecule has 0 fully saturated rings. The maximum atomic E-state index is 13.0. The Morgan fingerprint density at radius 3 is 2.32 bits per heavy atom. The van der Waals surface area contributed by atoms with Gasteiger partial charge in [-0.1, -0.05) is 24.3 Å². The Bertz CT molecular complexity index is 945. The number of rotatable bonds is 6. The van der Waals surface area contributed by atoms with Crippen LogP contribution in [0.2, 0.25) is 0 Å². The third-order valence-corrected chi connectivity index (χ3v) is 3.54. The lowest BCUT2D eigenvalue weighted by atomic mass is 10.1. The third kappa shape index (κ3) is 5.60. The zero-order valence-corrected chi connectivity index (χ0v) is 14.2. The molecule has 0 heterocycles. The van der Waals surface area contributed by atoms with Crippen LogP contribution < -0.4 is 10.6 Å². The first kappa shape index (κ1) is 20.5. The van der Waals surface area contributed by atoms with Crippen molar-refractivity contribution in [1.82, 2.24) is 0 Å². The number of para-hydroxylation sites is 1. The van der Waals surface area contributed by atoms with Crippen molar-refractivity contribution in [3.8, 4) is 6.07 Å². The SMILES string of the molecule is N#C/C(=C/Nc1ccc(CC(=O)O)cc1)C(=O)Nc1ccccc1C(F)(F)F. The van der Waals surface area contributed by atoms with E-state index in [9.17, 15) is 22.8 Å². The Morgan fingerprint density at radius 1 is 1.11 bits per heavy atom. The van der Waals surface area contributed by atoms with Gasteiger partial charge in [0.15, 0.2) is 0 Å². The molecule has 0 atom stereocenters. The average molecular weight is 389 g/mol. The van der Waals surface area contributed by atoms with Gasteiger partial charge in [0.05, 0.1) is 17.7 Å². The molecule has 2 aromatic rings. The summed E-state index contributed by atoms with van der Waals surface area (Å²) in [7, 11) is 0. The molecule has 0 saturated carbocycles. The van der Waals surface area contributed by atoms with Crippen LogP contribution in [0.4, 0.5) is 24.5 Å². The van der Waals surface area contributed by atoms with Crippen molar-refractivity contribution in [3.05, 3.63) is 71.4 Å². The summed E-state index contributed by atoms with van der Waals surface area (Å²) in [4.78, 5) is 22.8. The van der Waals surface area contributed by atoms with E-state index in [1.165, 1.54) is 12.1 Å².